The maximum absolute atomic E-state index is 11.8. The van der Waals surface area contributed by atoms with Gasteiger partial charge < -0.3 is 15.2 Å². The molecule has 0 amide bonds. The molecule has 1 aromatic heterocycles. The fraction of sp³-hybridized carbons (Fsp3) is 0.412. The Bertz CT molecular complexity index is 751. The minimum atomic E-state index is -0.394. The molecule has 0 unspecified atom stereocenters. The first-order valence-corrected chi connectivity index (χ1v) is 7.79. The summed E-state index contributed by atoms with van der Waals surface area (Å²) in [5, 5.41) is 0.727. The molecule has 0 saturated heterocycles. The quantitative estimate of drug-likeness (QED) is 0.862. The number of pyridine rings is 1. The first-order chi connectivity index (χ1) is 10.7. The van der Waals surface area contributed by atoms with E-state index in [0.29, 0.717) is 16.9 Å². The van der Waals surface area contributed by atoms with Gasteiger partial charge in [-0.05, 0) is 37.8 Å². The van der Waals surface area contributed by atoms with Gasteiger partial charge in [-0.2, -0.15) is 0 Å². The van der Waals surface area contributed by atoms with Crippen LogP contribution in [0.2, 0.25) is 0 Å². The van der Waals surface area contributed by atoms with Crippen LogP contribution in [0.5, 0.6) is 5.75 Å². The lowest BCUT2D eigenvalue weighted by atomic mass is 9.97. The lowest BCUT2D eigenvalue weighted by molar-refractivity contribution is 0.0534. The SMILES string of the molecule is Nc1c2c(nc3cccc(OC4CCCCC4)c13)COC2=O. The lowest BCUT2D eigenvalue weighted by Gasteiger charge is -2.24. The summed E-state index contributed by atoms with van der Waals surface area (Å²) in [5.41, 5.74) is 8.43. The highest BCUT2D eigenvalue weighted by Crippen LogP contribution is 2.37. The zero-order valence-corrected chi connectivity index (χ0v) is 12.3. The molecule has 1 saturated carbocycles. The zero-order valence-electron chi connectivity index (χ0n) is 12.3. The van der Waals surface area contributed by atoms with Crippen LogP contribution in [0, 0.1) is 0 Å². The molecule has 2 heterocycles. The van der Waals surface area contributed by atoms with Crippen molar-refractivity contribution in [3.8, 4) is 5.75 Å². The van der Waals surface area contributed by atoms with Gasteiger partial charge >= 0.3 is 5.97 Å². The third kappa shape index (κ3) is 2.08. The van der Waals surface area contributed by atoms with Crippen molar-refractivity contribution >= 4 is 22.6 Å². The molecule has 1 aromatic carbocycles. The van der Waals surface area contributed by atoms with Crippen LogP contribution >= 0.6 is 0 Å². The number of anilines is 1. The Morgan fingerprint density at radius 1 is 1.23 bits per heavy atom. The van der Waals surface area contributed by atoms with Crippen molar-refractivity contribution in [2.75, 3.05) is 5.73 Å². The molecule has 5 heteroatoms. The van der Waals surface area contributed by atoms with Crippen LogP contribution in [-0.4, -0.2) is 17.1 Å². The van der Waals surface area contributed by atoms with E-state index in [-0.39, 0.29) is 12.7 Å². The Balaban J connectivity index is 1.81. The molecule has 114 valence electrons. The molecule has 2 aromatic rings. The summed E-state index contributed by atoms with van der Waals surface area (Å²) in [5.74, 6) is 0.325. The number of ether oxygens (including phenoxy) is 2. The van der Waals surface area contributed by atoms with E-state index >= 15 is 0 Å². The highest BCUT2D eigenvalue weighted by atomic mass is 16.5. The Morgan fingerprint density at radius 3 is 2.86 bits per heavy atom. The normalized spacial score (nSPS) is 18.3. The van der Waals surface area contributed by atoms with Gasteiger partial charge in [-0.15, -0.1) is 0 Å². The molecule has 0 radical (unpaired) electrons. The van der Waals surface area contributed by atoms with E-state index in [2.05, 4.69) is 4.98 Å². The number of nitrogen functional groups attached to an aromatic ring is 1. The number of cyclic esters (lactones) is 1. The first kappa shape index (κ1) is 13.4. The highest BCUT2D eigenvalue weighted by molar-refractivity contribution is 6.08. The fourth-order valence-corrected chi connectivity index (χ4v) is 3.36. The standard InChI is InChI=1S/C17H18N2O3/c18-16-14-11(19-12-9-21-17(20)15(12)16)7-4-8-13(14)22-10-5-2-1-3-6-10/h4,7-8,10H,1-3,5-6,9H2,(H2,18,19). The molecular formula is C17H18N2O3. The van der Waals surface area contributed by atoms with Crippen molar-refractivity contribution in [3.05, 3.63) is 29.5 Å². The van der Waals surface area contributed by atoms with Gasteiger partial charge in [0.05, 0.1) is 28.4 Å². The topological polar surface area (TPSA) is 74.4 Å². The minimum Gasteiger partial charge on any atom is -0.490 e. The van der Waals surface area contributed by atoms with Gasteiger partial charge in [0.2, 0.25) is 0 Å². The van der Waals surface area contributed by atoms with Crippen molar-refractivity contribution in [1.82, 2.24) is 4.98 Å². The smallest absolute Gasteiger partial charge is 0.342 e. The summed E-state index contributed by atoms with van der Waals surface area (Å²) in [6, 6.07) is 5.71. The van der Waals surface area contributed by atoms with Crippen LogP contribution in [0.15, 0.2) is 18.2 Å². The summed E-state index contributed by atoms with van der Waals surface area (Å²) in [7, 11) is 0. The molecule has 1 fully saturated rings. The number of fused-ring (bicyclic) bond motifs is 2. The van der Waals surface area contributed by atoms with Crippen molar-refractivity contribution in [2.45, 2.75) is 44.8 Å². The number of carbonyl (C=O) groups is 1. The Hall–Kier alpha value is -2.30. The second-order valence-corrected chi connectivity index (χ2v) is 5.95. The van der Waals surface area contributed by atoms with Gasteiger partial charge in [0.15, 0.2) is 0 Å². The predicted molar refractivity (Wildman–Crippen MR) is 82.8 cm³/mol. The zero-order chi connectivity index (χ0) is 15.1. The second-order valence-electron chi connectivity index (χ2n) is 5.95. The molecule has 2 aliphatic rings. The number of hydrogen-bond donors (Lipinski definition) is 1. The number of esters is 1. The Morgan fingerprint density at radius 2 is 2.05 bits per heavy atom. The van der Waals surface area contributed by atoms with Crippen molar-refractivity contribution < 1.29 is 14.3 Å². The van der Waals surface area contributed by atoms with Gasteiger partial charge in [0, 0.05) is 0 Å². The third-order valence-corrected chi connectivity index (χ3v) is 4.48. The van der Waals surface area contributed by atoms with Gasteiger partial charge in [-0.1, -0.05) is 12.5 Å². The number of benzene rings is 1. The fourth-order valence-electron chi connectivity index (χ4n) is 3.36. The largest absolute Gasteiger partial charge is 0.490 e. The van der Waals surface area contributed by atoms with Crippen LogP contribution in [0.3, 0.4) is 0 Å². The minimum absolute atomic E-state index is 0.196. The van der Waals surface area contributed by atoms with E-state index in [1.54, 1.807) is 0 Å². The summed E-state index contributed by atoms with van der Waals surface area (Å²) in [6.45, 7) is 0.196. The van der Waals surface area contributed by atoms with Crippen molar-refractivity contribution in [2.24, 2.45) is 0 Å². The summed E-state index contributed by atoms with van der Waals surface area (Å²) in [4.78, 5) is 16.4. The second kappa shape index (κ2) is 5.16. The molecule has 5 nitrogen and oxygen atoms in total. The molecule has 1 aliphatic carbocycles. The molecular weight excluding hydrogens is 280 g/mol. The van der Waals surface area contributed by atoms with Crippen LogP contribution < -0.4 is 10.5 Å². The number of carbonyl (C=O) groups excluding carboxylic acids is 1. The third-order valence-electron chi connectivity index (χ3n) is 4.48. The Labute approximate surface area is 128 Å². The maximum atomic E-state index is 11.8. The maximum Gasteiger partial charge on any atom is 0.342 e. The number of nitrogens with zero attached hydrogens (tertiary/aromatic N) is 1. The van der Waals surface area contributed by atoms with Crippen LogP contribution in [0.1, 0.15) is 48.2 Å². The van der Waals surface area contributed by atoms with Crippen LogP contribution in [0.4, 0.5) is 5.69 Å². The molecule has 0 atom stereocenters. The molecule has 4 rings (SSSR count). The lowest BCUT2D eigenvalue weighted by Crippen LogP contribution is -2.20. The summed E-state index contributed by atoms with van der Waals surface area (Å²) < 4.78 is 11.2. The van der Waals surface area contributed by atoms with Gasteiger partial charge in [-0.25, -0.2) is 9.78 Å². The summed E-state index contributed by atoms with van der Waals surface area (Å²) >= 11 is 0. The Kier molecular flexibility index (Phi) is 3.13. The van der Waals surface area contributed by atoms with Crippen LogP contribution in [-0.2, 0) is 11.3 Å². The van der Waals surface area contributed by atoms with E-state index in [0.717, 1.165) is 29.5 Å². The molecule has 2 N–H and O–H groups in total. The monoisotopic (exact) mass is 298 g/mol. The predicted octanol–water partition coefficient (Wildman–Crippen LogP) is 3.20. The van der Waals surface area contributed by atoms with Crippen molar-refractivity contribution in [1.29, 1.82) is 0 Å². The molecule has 22 heavy (non-hydrogen) atoms. The van der Waals surface area contributed by atoms with Gasteiger partial charge in [-0.3, -0.25) is 0 Å². The molecule has 1 aliphatic heterocycles. The van der Waals surface area contributed by atoms with Gasteiger partial charge in [0.25, 0.3) is 0 Å². The number of hydrogen-bond acceptors (Lipinski definition) is 5. The number of nitrogens with two attached hydrogens (primary N) is 1. The van der Waals surface area contributed by atoms with Crippen LogP contribution in [0.25, 0.3) is 10.9 Å². The van der Waals surface area contributed by atoms with E-state index in [4.69, 9.17) is 15.2 Å². The van der Waals surface area contributed by atoms with E-state index < -0.39 is 5.97 Å². The molecule has 0 bridgehead atoms. The average molecular weight is 298 g/mol. The summed E-state index contributed by atoms with van der Waals surface area (Å²) in [6.07, 6.45) is 6.03. The van der Waals surface area contributed by atoms with Gasteiger partial charge in [0.1, 0.15) is 17.9 Å². The van der Waals surface area contributed by atoms with E-state index in [1.165, 1.54) is 19.3 Å². The first-order valence-electron chi connectivity index (χ1n) is 7.79. The van der Waals surface area contributed by atoms with E-state index in [1.807, 2.05) is 18.2 Å². The van der Waals surface area contributed by atoms with E-state index in [9.17, 15) is 4.79 Å². The van der Waals surface area contributed by atoms with Crippen molar-refractivity contribution in [3.63, 3.8) is 0 Å². The molecule has 0 spiro atoms. The highest BCUT2D eigenvalue weighted by Gasteiger charge is 2.28. The number of aromatic nitrogens is 1. The average Bonchev–Trinajstić information content (AvgIpc) is 2.90. The number of rotatable bonds is 2.